The van der Waals surface area contributed by atoms with E-state index in [1.54, 1.807) is 29.4 Å². The van der Waals surface area contributed by atoms with Crippen molar-refractivity contribution in [2.24, 2.45) is 0 Å². The van der Waals surface area contributed by atoms with Crippen molar-refractivity contribution in [2.45, 2.75) is 18.5 Å². The van der Waals surface area contributed by atoms with Gasteiger partial charge in [0, 0.05) is 57.0 Å². The summed E-state index contributed by atoms with van der Waals surface area (Å²) in [6, 6.07) is 7.39. The minimum Gasteiger partial charge on any atom is -0.492 e. The van der Waals surface area contributed by atoms with Gasteiger partial charge < -0.3 is 15.0 Å². The second kappa shape index (κ2) is 9.30. The van der Waals surface area contributed by atoms with Crippen LogP contribution >= 0.6 is 11.6 Å². The Bertz CT molecular complexity index is 799. The van der Waals surface area contributed by atoms with Gasteiger partial charge in [-0.2, -0.15) is 0 Å². The summed E-state index contributed by atoms with van der Waals surface area (Å²) >= 11 is 5.74. The smallest absolute Gasteiger partial charge is 0.253 e. The number of benzene rings is 1. The van der Waals surface area contributed by atoms with Crippen LogP contribution in [-0.4, -0.2) is 54.2 Å². The molecule has 0 aliphatic carbocycles. The normalized spacial score (nSPS) is 16.0. The molecule has 5 nitrogen and oxygen atoms in total. The lowest BCUT2D eigenvalue weighted by atomic mass is 9.93. The molecule has 0 atom stereocenters. The molecule has 3 rings (SSSR count). The number of amides is 1. The molecule has 150 valence electrons. The lowest BCUT2D eigenvalue weighted by Crippen LogP contribution is -2.49. The molecule has 28 heavy (non-hydrogen) atoms. The monoisotopic (exact) mass is 409 g/mol. The molecule has 1 saturated heterocycles. The maximum Gasteiger partial charge on any atom is 0.253 e. The Hall–Kier alpha value is -2.25. The number of piperidine rings is 1. The Morgan fingerprint density at radius 1 is 1.25 bits per heavy atom. The molecular formula is C20H22ClF2N3O2. The van der Waals surface area contributed by atoms with Gasteiger partial charge in [-0.3, -0.25) is 9.78 Å². The van der Waals surface area contributed by atoms with Crippen molar-refractivity contribution in [3.8, 4) is 5.75 Å². The number of carbonyl (C=O) groups excluding carboxylic acids is 1. The Kier molecular flexibility index (Phi) is 6.80. The molecule has 0 saturated carbocycles. The van der Waals surface area contributed by atoms with Crippen LogP contribution in [-0.2, 0) is 0 Å². The first-order valence-electron chi connectivity index (χ1n) is 9.14. The van der Waals surface area contributed by atoms with Gasteiger partial charge in [-0.15, -0.1) is 0 Å². The van der Waals surface area contributed by atoms with Gasteiger partial charge in [0.1, 0.15) is 23.8 Å². The maximum absolute atomic E-state index is 15.0. The quantitative estimate of drug-likeness (QED) is 0.711. The van der Waals surface area contributed by atoms with Gasteiger partial charge in [0.25, 0.3) is 5.91 Å². The van der Waals surface area contributed by atoms with Gasteiger partial charge in [0.15, 0.2) is 0 Å². The van der Waals surface area contributed by atoms with E-state index in [1.165, 1.54) is 12.1 Å². The fourth-order valence-corrected chi connectivity index (χ4v) is 3.27. The van der Waals surface area contributed by atoms with Crippen LogP contribution in [0, 0.1) is 5.82 Å². The zero-order valence-corrected chi connectivity index (χ0v) is 16.1. The third-order valence-electron chi connectivity index (χ3n) is 4.75. The summed E-state index contributed by atoms with van der Waals surface area (Å²) in [4.78, 5) is 18.0. The Morgan fingerprint density at radius 2 is 1.96 bits per heavy atom. The van der Waals surface area contributed by atoms with Gasteiger partial charge in [0.05, 0.1) is 5.02 Å². The number of aromatic nitrogens is 1. The van der Waals surface area contributed by atoms with E-state index >= 15 is 0 Å². The van der Waals surface area contributed by atoms with Crippen LogP contribution in [0.2, 0.25) is 5.02 Å². The van der Waals surface area contributed by atoms with Crippen molar-refractivity contribution in [3.05, 3.63) is 59.1 Å². The first-order valence-corrected chi connectivity index (χ1v) is 9.51. The summed E-state index contributed by atoms with van der Waals surface area (Å²) in [6.45, 7) is 1.76. The van der Waals surface area contributed by atoms with E-state index < -0.39 is 11.5 Å². The van der Waals surface area contributed by atoms with Crippen LogP contribution in [0.5, 0.6) is 5.75 Å². The molecule has 1 fully saturated rings. The first-order chi connectivity index (χ1) is 13.5. The molecule has 0 spiro atoms. The second-order valence-corrected chi connectivity index (χ2v) is 7.19. The highest BCUT2D eigenvalue weighted by molar-refractivity contribution is 6.31. The number of hydrogen-bond acceptors (Lipinski definition) is 4. The van der Waals surface area contributed by atoms with E-state index in [9.17, 15) is 13.6 Å². The minimum atomic E-state index is -1.37. The van der Waals surface area contributed by atoms with Gasteiger partial charge in [-0.1, -0.05) is 11.6 Å². The first kappa shape index (κ1) is 20.5. The van der Waals surface area contributed by atoms with Crippen LogP contribution in [0.15, 0.2) is 42.7 Å². The molecule has 1 aromatic carbocycles. The van der Waals surface area contributed by atoms with Gasteiger partial charge >= 0.3 is 0 Å². The predicted octanol–water partition coefficient (Wildman–Crippen LogP) is 3.49. The SMILES string of the molecule is O=C(c1ccc(F)c(Cl)c1)N1CCC(F)(CNCCOc2ccncc2)CC1. The number of halogens is 3. The largest absolute Gasteiger partial charge is 0.492 e. The van der Waals surface area contributed by atoms with Crippen LogP contribution in [0.1, 0.15) is 23.2 Å². The van der Waals surface area contributed by atoms with E-state index in [-0.39, 0.29) is 30.3 Å². The minimum absolute atomic E-state index is 0.0964. The molecule has 8 heteroatoms. The summed E-state index contributed by atoms with van der Waals surface area (Å²) in [5.41, 5.74) is -1.06. The van der Waals surface area contributed by atoms with Crippen molar-refractivity contribution >= 4 is 17.5 Å². The molecule has 1 N–H and O–H groups in total. The number of alkyl halides is 1. The van der Waals surface area contributed by atoms with Gasteiger partial charge in [-0.05, 0) is 30.3 Å². The fraction of sp³-hybridized carbons (Fsp3) is 0.400. The number of pyridine rings is 1. The van der Waals surface area contributed by atoms with E-state index in [1.807, 2.05) is 0 Å². The number of hydrogen-bond donors (Lipinski definition) is 1. The fourth-order valence-electron chi connectivity index (χ4n) is 3.09. The summed E-state index contributed by atoms with van der Waals surface area (Å²) in [6.07, 6.45) is 3.78. The van der Waals surface area contributed by atoms with Crippen LogP contribution in [0.4, 0.5) is 8.78 Å². The molecule has 1 aliphatic heterocycles. The number of carbonyl (C=O) groups is 1. The molecule has 1 aromatic heterocycles. The predicted molar refractivity (Wildman–Crippen MR) is 103 cm³/mol. The zero-order valence-electron chi connectivity index (χ0n) is 15.3. The summed E-state index contributed by atoms with van der Waals surface area (Å²) in [7, 11) is 0. The lowest BCUT2D eigenvalue weighted by Gasteiger charge is -2.36. The van der Waals surface area contributed by atoms with Crippen LogP contribution in [0.3, 0.4) is 0 Å². The van der Waals surface area contributed by atoms with Crippen LogP contribution < -0.4 is 10.1 Å². The Morgan fingerprint density at radius 3 is 2.64 bits per heavy atom. The number of nitrogens with zero attached hydrogens (tertiary/aromatic N) is 2. The average Bonchev–Trinajstić information content (AvgIpc) is 2.71. The third-order valence-corrected chi connectivity index (χ3v) is 5.04. The Balaban J connectivity index is 1.40. The molecule has 1 amide bonds. The number of likely N-dealkylation sites (tertiary alicyclic amines) is 1. The maximum atomic E-state index is 15.0. The summed E-state index contributed by atoms with van der Waals surface area (Å²) < 4.78 is 33.7. The highest BCUT2D eigenvalue weighted by Gasteiger charge is 2.35. The molecule has 1 aliphatic rings. The summed E-state index contributed by atoms with van der Waals surface area (Å²) in [5, 5.41) is 2.98. The molecule has 0 unspecified atom stereocenters. The van der Waals surface area contributed by atoms with Crippen LogP contribution in [0.25, 0.3) is 0 Å². The number of ether oxygens (including phenoxy) is 1. The average molecular weight is 410 g/mol. The topological polar surface area (TPSA) is 54.5 Å². The molecule has 0 radical (unpaired) electrons. The van der Waals surface area contributed by atoms with Gasteiger partial charge in [-0.25, -0.2) is 8.78 Å². The van der Waals surface area contributed by atoms with E-state index in [2.05, 4.69) is 10.3 Å². The van der Waals surface area contributed by atoms with Crippen molar-refractivity contribution < 1.29 is 18.3 Å². The van der Waals surface area contributed by atoms with E-state index in [4.69, 9.17) is 16.3 Å². The second-order valence-electron chi connectivity index (χ2n) is 6.78. The van der Waals surface area contributed by atoms with Crippen molar-refractivity contribution in [3.63, 3.8) is 0 Å². The molecule has 0 bridgehead atoms. The molecular weight excluding hydrogens is 388 g/mol. The Labute approximate surface area is 167 Å². The van der Waals surface area contributed by atoms with Crippen molar-refractivity contribution in [1.29, 1.82) is 0 Å². The molecule has 2 heterocycles. The summed E-state index contributed by atoms with van der Waals surface area (Å²) in [5.74, 6) is -0.110. The highest BCUT2D eigenvalue weighted by Crippen LogP contribution is 2.27. The van der Waals surface area contributed by atoms with E-state index in [0.717, 1.165) is 11.8 Å². The lowest BCUT2D eigenvalue weighted by molar-refractivity contribution is 0.0433. The van der Waals surface area contributed by atoms with Gasteiger partial charge in [0.2, 0.25) is 0 Å². The third kappa shape index (κ3) is 5.39. The van der Waals surface area contributed by atoms with E-state index in [0.29, 0.717) is 31.8 Å². The van der Waals surface area contributed by atoms with Crippen molar-refractivity contribution in [1.82, 2.24) is 15.2 Å². The van der Waals surface area contributed by atoms with Crippen molar-refractivity contribution in [2.75, 3.05) is 32.8 Å². The zero-order chi connectivity index (χ0) is 20.0. The molecule has 2 aromatic rings. The number of nitrogens with one attached hydrogen (secondary N) is 1. The standard InChI is InChI=1S/C20H22ClF2N3O2/c21-17-13-15(1-2-18(17)22)19(27)26-10-5-20(23,6-11-26)14-25-9-12-28-16-3-7-24-8-4-16/h1-4,7-8,13,25H,5-6,9-12,14H2. The highest BCUT2D eigenvalue weighted by atomic mass is 35.5. The number of rotatable bonds is 7.